The summed E-state index contributed by atoms with van der Waals surface area (Å²) in [6, 6.07) is -0.547. The van der Waals surface area contributed by atoms with Gasteiger partial charge in [-0.05, 0) is 13.8 Å². The van der Waals surface area contributed by atoms with Crippen LogP contribution in [0, 0.1) is 0 Å². The van der Waals surface area contributed by atoms with E-state index in [1.807, 2.05) is 6.92 Å². The molecule has 0 bridgehead atoms. The summed E-state index contributed by atoms with van der Waals surface area (Å²) >= 11 is 0. The summed E-state index contributed by atoms with van der Waals surface area (Å²) in [7, 11) is 0. The van der Waals surface area contributed by atoms with Crippen LogP contribution < -0.4 is 5.32 Å². The van der Waals surface area contributed by atoms with Crippen LogP contribution in [-0.4, -0.2) is 82.6 Å². The Morgan fingerprint density at radius 2 is 2.19 bits per heavy atom. The number of hydrogen-bond donors (Lipinski definition) is 2. The third-order valence-corrected chi connectivity index (χ3v) is 4.09. The molecule has 2 unspecified atom stereocenters. The number of piperazine rings is 1. The van der Waals surface area contributed by atoms with E-state index in [4.69, 9.17) is 5.11 Å². The second-order valence-electron chi connectivity index (χ2n) is 5.49. The van der Waals surface area contributed by atoms with Crippen LogP contribution >= 0.6 is 0 Å². The highest BCUT2D eigenvalue weighted by atomic mass is 16.4. The first-order valence-electron chi connectivity index (χ1n) is 7.25. The molecule has 2 aliphatic rings. The fourth-order valence-electron chi connectivity index (χ4n) is 2.96. The number of carbonyl (C=O) groups excluding carboxylic acids is 2. The minimum Gasteiger partial charge on any atom is -0.481 e. The van der Waals surface area contributed by atoms with Crippen LogP contribution in [0.5, 0.6) is 0 Å². The molecule has 0 aromatic carbocycles. The zero-order chi connectivity index (χ0) is 15.6. The minimum absolute atomic E-state index is 0.0173. The molecule has 0 aliphatic carbocycles. The fourth-order valence-corrected chi connectivity index (χ4v) is 2.96. The van der Waals surface area contributed by atoms with Crippen molar-refractivity contribution in [1.82, 2.24) is 20.0 Å². The Labute approximate surface area is 123 Å². The molecule has 0 aromatic heterocycles. The molecule has 2 atom stereocenters. The van der Waals surface area contributed by atoms with E-state index in [1.54, 1.807) is 21.6 Å². The van der Waals surface area contributed by atoms with Gasteiger partial charge in [0.25, 0.3) is 0 Å². The van der Waals surface area contributed by atoms with Crippen molar-refractivity contribution in [3.63, 3.8) is 0 Å². The molecular formula is C13H22N4O4. The lowest BCUT2D eigenvalue weighted by molar-refractivity contribution is -0.138. The SMILES string of the molecule is CCN(C(=O)N1CCN2C(=O)NCC2C1)C(C)CC(=O)O. The highest BCUT2D eigenvalue weighted by molar-refractivity contribution is 5.79. The van der Waals surface area contributed by atoms with Gasteiger partial charge < -0.3 is 25.1 Å². The second-order valence-corrected chi connectivity index (χ2v) is 5.49. The number of aliphatic carboxylic acids is 1. The van der Waals surface area contributed by atoms with Crippen molar-refractivity contribution in [3.05, 3.63) is 0 Å². The number of nitrogens with zero attached hydrogens (tertiary/aromatic N) is 3. The molecule has 8 heteroatoms. The van der Waals surface area contributed by atoms with Crippen molar-refractivity contribution in [2.45, 2.75) is 32.4 Å². The van der Waals surface area contributed by atoms with Gasteiger partial charge in [0.15, 0.2) is 0 Å². The van der Waals surface area contributed by atoms with Gasteiger partial charge in [-0.1, -0.05) is 0 Å². The molecular weight excluding hydrogens is 276 g/mol. The van der Waals surface area contributed by atoms with Gasteiger partial charge in [-0.15, -0.1) is 0 Å². The second kappa shape index (κ2) is 6.19. The Hall–Kier alpha value is -1.99. The number of carbonyl (C=O) groups is 3. The molecule has 2 rings (SSSR count). The Morgan fingerprint density at radius 3 is 2.81 bits per heavy atom. The number of urea groups is 2. The predicted molar refractivity (Wildman–Crippen MR) is 75.0 cm³/mol. The van der Waals surface area contributed by atoms with Crippen LogP contribution in [0.25, 0.3) is 0 Å². The summed E-state index contributed by atoms with van der Waals surface area (Å²) in [5.74, 6) is -0.913. The molecule has 0 spiro atoms. The summed E-state index contributed by atoms with van der Waals surface area (Å²) in [5, 5.41) is 11.6. The number of fused-ring (bicyclic) bond motifs is 1. The van der Waals surface area contributed by atoms with Gasteiger partial charge >= 0.3 is 18.0 Å². The summed E-state index contributed by atoms with van der Waals surface area (Å²) in [4.78, 5) is 39.9. The lowest BCUT2D eigenvalue weighted by Gasteiger charge is -2.40. The molecule has 4 amide bonds. The van der Waals surface area contributed by atoms with Crippen LogP contribution in [0.1, 0.15) is 20.3 Å². The lowest BCUT2D eigenvalue weighted by atomic mass is 10.2. The molecule has 0 aromatic rings. The van der Waals surface area contributed by atoms with Crippen LogP contribution in [0.2, 0.25) is 0 Å². The zero-order valence-corrected chi connectivity index (χ0v) is 12.4. The van der Waals surface area contributed by atoms with E-state index >= 15 is 0 Å². The van der Waals surface area contributed by atoms with Gasteiger partial charge in [-0.25, -0.2) is 9.59 Å². The quantitative estimate of drug-likeness (QED) is 0.764. The Kier molecular flexibility index (Phi) is 4.54. The Morgan fingerprint density at radius 1 is 1.48 bits per heavy atom. The average Bonchev–Trinajstić information content (AvgIpc) is 2.79. The lowest BCUT2D eigenvalue weighted by Crippen LogP contribution is -2.57. The topological polar surface area (TPSA) is 93.2 Å². The van der Waals surface area contributed by atoms with E-state index in [2.05, 4.69) is 5.32 Å². The fraction of sp³-hybridized carbons (Fsp3) is 0.769. The number of hydrogen-bond acceptors (Lipinski definition) is 3. The maximum atomic E-state index is 12.6. The first-order valence-corrected chi connectivity index (χ1v) is 7.25. The van der Waals surface area contributed by atoms with E-state index in [0.29, 0.717) is 32.7 Å². The van der Waals surface area contributed by atoms with Crippen molar-refractivity contribution in [2.75, 3.05) is 32.7 Å². The van der Waals surface area contributed by atoms with Crippen LogP contribution in [-0.2, 0) is 4.79 Å². The zero-order valence-electron chi connectivity index (χ0n) is 12.4. The van der Waals surface area contributed by atoms with E-state index < -0.39 is 5.97 Å². The van der Waals surface area contributed by atoms with Gasteiger partial charge in [-0.3, -0.25) is 4.79 Å². The minimum atomic E-state index is -0.913. The molecule has 8 nitrogen and oxygen atoms in total. The number of carboxylic acids is 1. The van der Waals surface area contributed by atoms with E-state index in [9.17, 15) is 14.4 Å². The Balaban J connectivity index is 1.98. The van der Waals surface area contributed by atoms with Gasteiger partial charge in [0.05, 0.1) is 12.5 Å². The molecule has 0 radical (unpaired) electrons. The van der Waals surface area contributed by atoms with Crippen molar-refractivity contribution in [3.8, 4) is 0 Å². The van der Waals surface area contributed by atoms with Crippen molar-refractivity contribution >= 4 is 18.0 Å². The molecule has 2 fully saturated rings. The van der Waals surface area contributed by atoms with Crippen molar-refractivity contribution in [2.24, 2.45) is 0 Å². The van der Waals surface area contributed by atoms with Crippen LogP contribution in [0.4, 0.5) is 9.59 Å². The first-order chi connectivity index (χ1) is 9.93. The average molecular weight is 298 g/mol. The van der Waals surface area contributed by atoms with Gasteiger partial charge in [0, 0.05) is 38.8 Å². The molecule has 2 aliphatic heterocycles. The maximum Gasteiger partial charge on any atom is 0.320 e. The molecule has 0 saturated carbocycles. The third-order valence-electron chi connectivity index (χ3n) is 4.09. The van der Waals surface area contributed by atoms with Gasteiger partial charge in [0.2, 0.25) is 0 Å². The first kappa shape index (κ1) is 15.4. The van der Waals surface area contributed by atoms with Crippen LogP contribution in [0.15, 0.2) is 0 Å². The molecule has 118 valence electrons. The largest absolute Gasteiger partial charge is 0.481 e. The van der Waals surface area contributed by atoms with Crippen LogP contribution in [0.3, 0.4) is 0 Å². The van der Waals surface area contributed by atoms with E-state index in [-0.39, 0.29) is 30.6 Å². The highest BCUT2D eigenvalue weighted by Crippen LogP contribution is 2.17. The van der Waals surface area contributed by atoms with Crippen molar-refractivity contribution < 1.29 is 19.5 Å². The van der Waals surface area contributed by atoms with Gasteiger partial charge in [0.1, 0.15) is 0 Å². The standard InChI is InChI=1S/C13H22N4O4/c1-3-16(9(2)6-11(18)19)13(21)15-4-5-17-10(8-15)7-14-12(17)20/h9-10H,3-8H2,1-2H3,(H,14,20)(H,18,19). The summed E-state index contributed by atoms with van der Waals surface area (Å²) in [5.41, 5.74) is 0. The predicted octanol–water partition coefficient (Wildman–Crippen LogP) is 0.000900. The highest BCUT2D eigenvalue weighted by Gasteiger charge is 2.38. The molecule has 2 heterocycles. The number of nitrogens with one attached hydrogen (secondary N) is 1. The summed E-state index contributed by atoms with van der Waals surface area (Å²) < 4.78 is 0. The van der Waals surface area contributed by atoms with Crippen molar-refractivity contribution in [1.29, 1.82) is 0 Å². The van der Waals surface area contributed by atoms with Gasteiger partial charge in [-0.2, -0.15) is 0 Å². The third kappa shape index (κ3) is 3.20. The van der Waals surface area contributed by atoms with E-state index in [0.717, 1.165) is 0 Å². The van der Waals surface area contributed by atoms with E-state index in [1.165, 1.54) is 0 Å². The molecule has 2 N–H and O–H groups in total. The smallest absolute Gasteiger partial charge is 0.320 e. The normalized spacial score (nSPS) is 22.6. The summed E-state index contributed by atoms with van der Waals surface area (Å²) in [6.07, 6.45) is -0.0665. The Bertz CT molecular complexity index is 442. The number of amides is 4. The summed E-state index contributed by atoms with van der Waals surface area (Å²) in [6.45, 7) is 6.11. The number of rotatable bonds is 4. The molecule has 21 heavy (non-hydrogen) atoms. The monoisotopic (exact) mass is 298 g/mol. The number of carboxylic acid groups (broad SMARTS) is 1. The molecule has 2 saturated heterocycles. The maximum absolute atomic E-state index is 12.6.